The van der Waals surface area contributed by atoms with E-state index in [1.807, 2.05) is 30.3 Å². The Hall–Kier alpha value is -3.91. The van der Waals surface area contributed by atoms with Crippen molar-refractivity contribution in [3.63, 3.8) is 0 Å². The van der Waals surface area contributed by atoms with E-state index < -0.39 is 6.04 Å². The van der Waals surface area contributed by atoms with Crippen LogP contribution in [-0.4, -0.2) is 50.2 Å². The number of methoxy groups -OCH3 is 2. The number of carbonyl (C=O) groups excluding carboxylic acids is 2. The molecule has 1 N–H and O–H groups in total. The first-order valence-electron chi connectivity index (χ1n) is 12.7. The van der Waals surface area contributed by atoms with Crippen LogP contribution < -0.4 is 14.8 Å². The van der Waals surface area contributed by atoms with Crippen molar-refractivity contribution >= 4 is 11.8 Å². The molecule has 1 fully saturated rings. The van der Waals surface area contributed by atoms with Crippen molar-refractivity contribution in [3.05, 3.63) is 95.3 Å². The molecule has 4 rings (SSSR count). The van der Waals surface area contributed by atoms with Crippen molar-refractivity contribution in [2.45, 2.75) is 38.0 Å². The van der Waals surface area contributed by atoms with Crippen LogP contribution in [0.4, 0.5) is 4.39 Å². The molecule has 0 aliphatic carbocycles. The molecule has 0 radical (unpaired) electrons. The van der Waals surface area contributed by atoms with Gasteiger partial charge in [0.25, 0.3) is 0 Å². The molecule has 7 nitrogen and oxygen atoms in total. The minimum atomic E-state index is -0.893. The van der Waals surface area contributed by atoms with Crippen LogP contribution in [0, 0.1) is 5.82 Å². The summed E-state index contributed by atoms with van der Waals surface area (Å²) >= 11 is 0. The zero-order valence-corrected chi connectivity index (χ0v) is 21.7. The van der Waals surface area contributed by atoms with E-state index in [4.69, 9.17) is 14.2 Å². The quantitative estimate of drug-likeness (QED) is 0.404. The minimum Gasteiger partial charge on any atom is -0.493 e. The molecular formula is C30H33FN2O5. The summed E-state index contributed by atoms with van der Waals surface area (Å²) in [5, 5.41) is 3.00. The lowest BCUT2D eigenvalue weighted by Crippen LogP contribution is -2.45. The highest BCUT2D eigenvalue weighted by molar-refractivity contribution is 5.89. The van der Waals surface area contributed by atoms with Crippen molar-refractivity contribution in [1.82, 2.24) is 10.2 Å². The zero-order valence-electron chi connectivity index (χ0n) is 21.7. The standard InChI is InChI=1S/C30H33FN2O5/c1-36-26-15-12-22(17-27(26)37-2)18-28(34)33(20-21-10-13-24(31)14-11-21)29(23-7-4-3-5-8-23)30(35)32-19-25-9-6-16-38-25/h3-5,7-8,10-15,17,25,29H,6,9,16,18-20H2,1-2H3,(H,32,35)/t25-,29-/m1/s1. The Morgan fingerprint density at radius 1 is 1.00 bits per heavy atom. The molecule has 3 aromatic rings. The van der Waals surface area contributed by atoms with Crippen molar-refractivity contribution in [3.8, 4) is 11.5 Å². The van der Waals surface area contributed by atoms with Gasteiger partial charge in [0.2, 0.25) is 11.8 Å². The summed E-state index contributed by atoms with van der Waals surface area (Å²) in [4.78, 5) is 29.1. The average molecular weight is 521 g/mol. The molecule has 1 saturated heterocycles. The van der Waals surface area contributed by atoms with Crippen LogP contribution >= 0.6 is 0 Å². The maximum atomic E-state index is 13.9. The first-order valence-corrected chi connectivity index (χ1v) is 12.7. The molecule has 0 spiro atoms. The summed E-state index contributed by atoms with van der Waals surface area (Å²) in [5.41, 5.74) is 2.10. The normalized spacial score (nSPS) is 15.5. The third-order valence-corrected chi connectivity index (χ3v) is 6.59. The minimum absolute atomic E-state index is 0.0316. The molecule has 200 valence electrons. The van der Waals surface area contributed by atoms with Gasteiger partial charge < -0.3 is 24.4 Å². The van der Waals surface area contributed by atoms with Gasteiger partial charge in [0.15, 0.2) is 11.5 Å². The Kier molecular flexibility index (Phi) is 9.32. The van der Waals surface area contributed by atoms with Gasteiger partial charge in [0, 0.05) is 19.7 Å². The molecule has 1 heterocycles. The van der Waals surface area contributed by atoms with Gasteiger partial charge in [0.05, 0.1) is 26.7 Å². The number of benzene rings is 3. The molecule has 0 aromatic heterocycles. The number of nitrogens with zero attached hydrogens (tertiary/aromatic N) is 1. The van der Waals surface area contributed by atoms with E-state index in [9.17, 15) is 14.0 Å². The Morgan fingerprint density at radius 2 is 1.71 bits per heavy atom. The van der Waals surface area contributed by atoms with Gasteiger partial charge in [-0.15, -0.1) is 0 Å². The van der Waals surface area contributed by atoms with Crippen molar-refractivity contribution in [2.24, 2.45) is 0 Å². The SMILES string of the molecule is COc1ccc(CC(=O)N(Cc2ccc(F)cc2)[C@@H](C(=O)NC[C@H]2CCCO2)c2ccccc2)cc1OC. The molecule has 1 aliphatic heterocycles. The molecule has 38 heavy (non-hydrogen) atoms. The maximum Gasteiger partial charge on any atom is 0.247 e. The molecule has 0 unspecified atom stereocenters. The second-order valence-corrected chi connectivity index (χ2v) is 9.21. The van der Waals surface area contributed by atoms with E-state index in [1.165, 1.54) is 19.2 Å². The second-order valence-electron chi connectivity index (χ2n) is 9.21. The van der Waals surface area contributed by atoms with Gasteiger partial charge in [-0.25, -0.2) is 4.39 Å². The summed E-state index contributed by atoms with van der Waals surface area (Å²) in [6.45, 7) is 1.18. The topological polar surface area (TPSA) is 77.1 Å². The molecule has 3 aromatic carbocycles. The van der Waals surface area contributed by atoms with E-state index in [0.717, 1.165) is 12.8 Å². The number of carbonyl (C=O) groups is 2. The summed E-state index contributed by atoms with van der Waals surface area (Å²) in [5.74, 6) is 0.141. The highest BCUT2D eigenvalue weighted by atomic mass is 19.1. The second kappa shape index (κ2) is 13.1. The maximum absolute atomic E-state index is 13.9. The Bertz CT molecular complexity index is 1210. The fourth-order valence-electron chi connectivity index (χ4n) is 4.60. The van der Waals surface area contributed by atoms with Gasteiger partial charge >= 0.3 is 0 Å². The molecule has 0 bridgehead atoms. The summed E-state index contributed by atoms with van der Waals surface area (Å²) in [7, 11) is 3.08. The first kappa shape index (κ1) is 27.1. The van der Waals surface area contributed by atoms with Crippen molar-refractivity contribution in [1.29, 1.82) is 0 Å². The molecule has 8 heteroatoms. The van der Waals surface area contributed by atoms with Gasteiger partial charge in [-0.2, -0.15) is 0 Å². The average Bonchev–Trinajstić information content (AvgIpc) is 3.47. The molecule has 1 aliphatic rings. The Labute approximate surface area is 222 Å². The lowest BCUT2D eigenvalue weighted by molar-refractivity contribution is -0.141. The smallest absolute Gasteiger partial charge is 0.247 e. The van der Waals surface area contributed by atoms with E-state index in [-0.39, 0.29) is 36.7 Å². The van der Waals surface area contributed by atoms with Crippen LogP contribution in [0.25, 0.3) is 0 Å². The number of ether oxygens (including phenoxy) is 3. The number of hydrogen-bond donors (Lipinski definition) is 1. The first-order chi connectivity index (χ1) is 18.5. The number of nitrogens with one attached hydrogen (secondary N) is 1. The van der Waals surface area contributed by atoms with E-state index in [2.05, 4.69) is 5.32 Å². The van der Waals surface area contributed by atoms with Crippen LogP contribution in [0.1, 0.15) is 35.6 Å². The van der Waals surface area contributed by atoms with Gasteiger partial charge in [-0.05, 0) is 53.8 Å². The van der Waals surface area contributed by atoms with Crippen LogP contribution in [0.3, 0.4) is 0 Å². The monoisotopic (exact) mass is 520 g/mol. The Morgan fingerprint density at radius 3 is 2.37 bits per heavy atom. The zero-order chi connectivity index (χ0) is 26.9. The third kappa shape index (κ3) is 6.89. The summed E-state index contributed by atoms with van der Waals surface area (Å²) in [6.07, 6.45) is 1.84. The predicted octanol–water partition coefficient (Wildman–Crippen LogP) is 4.45. The van der Waals surface area contributed by atoms with E-state index in [1.54, 1.807) is 42.3 Å². The predicted molar refractivity (Wildman–Crippen MR) is 141 cm³/mol. The van der Waals surface area contributed by atoms with Crippen molar-refractivity contribution < 1.29 is 28.2 Å². The van der Waals surface area contributed by atoms with E-state index in [0.29, 0.717) is 41.3 Å². The lowest BCUT2D eigenvalue weighted by Gasteiger charge is -2.32. The number of amides is 2. The van der Waals surface area contributed by atoms with Crippen LogP contribution in [0.2, 0.25) is 0 Å². The highest BCUT2D eigenvalue weighted by Gasteiger charge is 2.32. The van der Waals surface area contributed by atoms with Gasteiger partial charge in [0.1, 0.15) is 11.9 Å². The van der Waals surface area contributed by atoms with Crippen LogP contribution in [0.15, 0.2) is 72.8 Å². The number of hydrogen-bond acceptors (Lipinski definition) is 5. The fraction of sp³-hybridized carbons (Fsp3) is 0.333. The fourth-order valence-corrected chi connectivity index (χ4v) is 4.60. The van der Waals surface area contributed by atoms with Crippen LogP contribution in [-0.2, 0) is 27.3 Å². The summed E-state index contributed by atoms with van der Waals surface area (Å²) in [6, 6.07) is 19.5. The molecule has 2 atom stereocenters. The van der Waals surface area contributed by atoms with Gasteiger partial charge in [-0.1, -0.05) is 48.5 Å². The van der Waals surface area contributed by atoms with E-state index >= 15 is 0 Å². The molecule has 2 amide bonds. The summed E-state index contributed by atoms with van der Waals surface area (Å²) < 4.78 is 30.0. The number of halogens is 1. The molecular weight excluding hydrogens is 487 g/mol. The highest BCUT2D eigenvalue weighted by Crippen LogP contribution is 2.29. The van der Waals surface area contributed by atoms with Crippen molar-refractivity contribution in [2.75, 3.05) is 27.4 Å². The van der Waals surface area contributed by atoms with Gasteiger partial charge in [-0.3, -0.25) is 9.59 Å². The largest absolute Gasteiger partial charge is 0.493 e. The number of rotatable bonds is 11. The Balaban J connectivity index is 1.66. The third-order valence-electron chi connectivity index (χ3n) is 6.59. The molecule has 0 saturated carbocycles. The lowest BCUT2D eigenvalue weighted by atomic mass is 10.0. The van der Waals surface area contributed by atoms with Crippen LogP contribution in [0.5, 0.6) is 11.5 Å².